The first-order valence-corrected chi connectivity index (χ1v) is 14.4. The van der Waals surface area contributed by atoms with E-state index in [4.69, 9.17) is 27.9 Å². The summed E-state index contributed by atoms with van der Waals surface area (Å²) in [5.74, 6) is -4.94. The SMILES string of the molecule is COc1cc(C2C3=CCC4C(=O)N(C)C(=O)C4C3CC3(Cl)C(=O)N(CBr)C(=O)C23Cl)c(Br)c(Br)c1O. The molecule has 6 atom stereocenters. The molecule has 1 aromatic carbocycles. The Morgan fingerprint density at radius 1 is 1.11 bits per heavy atom. The molecule has 2 aliphatic heterocycles. The number of methoxy groups -OCH3 is 1. The highest BCUT2D eigenvalue weighted by Crippen LogP contribution is 2.66. The lowest BCUT2D eigenvalue weighted by Gasteiger charge is -2.51. The summed E-state index contributed by atoms with van der Waals surface area (Å²) in [7, 11) is 2.83. The third-order valence-corrected chi connectivity index (χ3v) is 12.0. The van der Waals surface area contributed by atoms with Crippen LogP contribution in [0.25, 0.3) is 0 Å². The third kappa shape index (κ3) is 3.09. The number of imide groups is 2. The van der Waals surface area contributed by atoms with E-state index in [0.29, 0.717) is 15.6 Å². The summed E-state index contributed by atoms with van der Waals surface area (Å²) >= 11 is 24.4. The predicted octanol–water partition coefficient (Wildman–Crippen LogP) is 4.27. The molecule has 2 heterocycles. The van der Waals surface area contributed by atoms with Crippen LogP contribution in [0.15, 0.2) is 26.7 Å². The molecule has 36 heavy (non-hydrogen) atoms. The molecule has 0 aromatic heterocycles. The average Bonchev–Trinajstić information content (AvgIpc) is 3.16. The number of alkyl halides is 3. The highest BCUT2D eigenvalue weighted by Gasteiger charge is 2.76. The van der Waals surface area contributed by atoms with Gasteiger partial charge in [0.05, 0.1) is 28.9 Å². The number of hydrogen-bond donors (Lipinski definition) is 1. The molecule has 4 amide bonds. The molecule has 4 aliphatic rings. The number of phenolic OH excluding ortho intramolecular Hbond substituents is 1. The van der Waals surface area contributed by atoms with Crippen molar-refractivity contribution in [2.45, 2.75) is 28.5 Å². The highest BCUT2D eigenvalue weighted by atomic mass is 79.9. The number of allylic oxidation sites excluding steroid dienone is 2. The smallest absolute Gasteiger partial charge is 0.254 e. The van der Waals surface area contributed by atoms with Gasteiger partial charge in [0.25, 0.3) is 11.8 Å². The minimum atomic E-state index is -1.95. The van der Waals surface area contributed by atoms with Gasteiger partial charge in [-0.05, 0) is 62.2 Å². The minimum absolute atomic E-state index is 0.0868. The van der Waals surface area contributed by atoms with E-state index in [2.05, 4.69) is 47.8 Å². The normalized spacial score (nSPS) is 35.6. The van der Waals surface area contributed by atoms with Gasteiger partial charge >= 0.3 is 0 Å². The molecule has 0 radical (unpaired) electrons. The number of rotatable bonds is 3. The molecule has 8 nitrogen and oxygen atoms in total. The lowest BCUT2D eigenvalue weighted by atomic mass is 9.56. The maximum atomic E-state index is 13.8. The summed E-state index contributed by atoms with van der Waals surface area (Å²) in [5.41, 5.74) is 0.977. The van der Waals surface area contributed by atoms with Gasteiger partial charge in [-0.15, -0.1) is 23.2 Å². The number of nitrogens with zero attached hydrogens (tertiary/aromatic N) is 2. The Kier molecular flexibility index (Phi) is 6.39. The number of hydrogen-bond acceptors (Lipinski definition) is 6. The maximum absolute atomic E-state index is 13.8. The zero-order valence-electron chi connectivity index (χ0n) is 18.9. The molecule has 6 unspecified atom stereocenters. The predicted molar refractivity (Wildman–Crippen MR) is 141 cm³/mol. The minimum Gasteiger partial charge on any atom is -0.503 e. The average molecular weight is 730 g/mol. The maximum Gasteiger partial charge on any atom is 0.254 e. The number of fused-ring (bicyclic) bond motifs is 4. The van der Waals surface area contributed by atoms with Gasteiger partial charge in [-0.2, -0.15) is 0 Å². The first-order valence-electron chi connectivity index (χ1n) is 10.9. The molecular weight excluding hydrogens is 711 g/mol. The number of benzene rings is 1. The van der Waals surface area contributed by atoms with Crippen LogP contribution >= 0.6 is 71.0 Å². The van der Waals surface area contributed by atoms with Crippen molar-refractivity contribution in [3.8, 4) is 11.5 Å². The van der Waals surface area contributed by atoms with Crippen molar-refractivity contribution in [3.05, 3.63) is 32.2 Å². The largest absolute Gasteiger partial charge is 0.503 e. The number of amides is 4. The Labute approximate surface area is 241 Å². The summed E-state index contributed by atoms with van der Waals surface area (Å²) in [6.07, 6.45) is 2.04. The molecule has 1 aromatic rings. The van der Waals surface area contributed by atoms with Crippen LogP contribution in [0.4, 0.5) is 0 Å². The van der Waals surface area contributed by atoms with Crippen LogP contribution in [0.2, 0.25) is 0 Å². The van der Waals surface area contributed by atoms with Crippen molar-refractivity contribution in [1.29, 1.82) is 0 Å². The highest BCUT2D eigenvalue weighted by molar-refractivity contribution is 9.13. The van der Waals surface area contributed by atoms with Gasteiger partial charge in [0.15, 0.2) is 21.2 Å². The fourth-order valence-electron chi connectivity index (χ4n) is 6.23. The molecule has 2 saturated heterocycles. The number of carbonyl (C=O) groups excluding carboxylic acids is 4. The zero-order chi connectivity index (χ0) is 26.5. The molecular formula is C23H19Br3Cl2N2O6. The second-order valence-electron chi connectivity index (χ2n) is 9.37. The van der Waals surface area contributed by atoms with Crippen molar-refractivity contribution in [3.63, 3.8) is 0 Å². The van der Waals surface area contributed by atoms with Crippen molar-refractivity contribution in [2.75, 3.05) is 19.6 Å². The van der Waals surface area contributed by atoms with E-state index >= 15 is 0 Å². The summed E-state index contributed by atoms with van der Waals surface area (Å²) in [5, 5.41) is 10.5. The molecule has 0 spiro atoms. The summed E-state index contributed by atoms with van der Waals surface area (Å²) in [6.45, 7) is 0. The van der Waals surface area contributed by atoms with Crippen LogP contribution in [0.5, 0.6) is 11.5 Å². The van der Waals surface area contributed by atoms with Crippen LogP contribution in [-0.4, -0.2) is 67.9 Å². The Morgan fingerprint density at radius 3 is 2.39 bits per heavy atom. The second kappa shape index (κ2) is 8.69. The van der Waals surface area contributed by atoms with E-state index in [-0.39, 0.29) is 46.1 Å². The molecule has 2 aliphatic carbocycles. The Bertz CT molecular complexity index is 1290. The molecule has 1 saturated carbocycles. The van der Waals surface area contributed by atoms with E-state index in [0.717, 1.165) is 9.80 Å². The molecule has 5 rings (SSSR count). The van der Waals surface area contributed by atoms with Gasteiger partial charge in [0.2, 0.25) is 11.8 Å². The number of carbonyl (C=O) groups is 4. The molecule has 1 N–H and O–H groups in total. The fraction of sp³-hybridized carbons (Fsp3) is 0.478. The monoisotopic (exact) mass is 726 g/mol. The van der Waals surface area contributed by atoms with Gasteiger partial charge in [0, 0.05) is 17.4 Å². The number of likely N-dealkylation sites (tertiary alicyclic amines) is 2. The van der Waals surface area contributed by atoms with E-state index in [1.54, 1.807) is 0 Å². The Morgan fingerprint density at radius 2 is 1.78 bits per heavy atom. The van der Waals surface area contributed by atoms with Gasteiger partial charge < -0.3 is 9.84 Å². The van der Waals surface area contributed by atoms with E-state index in [9.17, 15) is 24.3 Å². The van der Waals surface area contributed by atoms with Gasteiger partial charge in [-0.3, -0.25) is 29.0 Å². The summed E-state index contributed by atoms with van der Waals surface area (Å²) in [6, 6.07) is 1.54. The lowest BCUT2D eigenvalue weighted by molar-refractivity contribution is -0.140. The number of phenols is 1. The van der Waals surface area contributed by atoms with Crippen molar-refractivity contribution < 1.29 is 29.0 Å². The first kappa shape index (κ1) is 26.5. The van der Waals surface area contributed by atoms with Gasteiger partial charge in [-0.1, -0.05) is 27.6 Å². The van der Waals surface area contributed by atoms with Crippen LogP contribution in [0.3, 0.4) is 0 Å². The van der Waals surface area contributed by atoms with Crippen LogP contribution in [0.1, 0.15) is 24.3 Å². The number of ether oxygens (including phenoxy) is 1. The molecule has 3 fully saturated rings. The van der Waals surface area contributed by atoms with Gasteiger partial charge in [-0.25, -0.2) is 0 Å². The number of aromatic hydroxyl groups is 1. The Hall–Kier alpha value is -1.14. The molecule has 192 valence electrons. The molecule has 13 heteroatoms. The summed E-state index contributed by atoms with van der Waals surface area (Å²) in [4.78, 5) is 51.6. The quantitative estimate of drug-likeness (QED) is 0.216. The van der Waals surface area contributed by atoms with Crippen LogP contribution in [0, 0.1) is 17.8 Å². The topological polar surface area (TPSA) is 104 Å². The van der Waals surface area contributed by atoms with Crippen molar-refractivity contribution in [2.24, 2.45) is 17.8 Å². The van der Waals surface area contributed by atoms with Crippen molar-refractivity contribution in [1.82, 2.24) is 9.80 Å². The molecule has 0 bridgehead atoms. The lowest BCUT2D eigenvalue weighted by Crippen LogP contribution is -2.60. The van der Waals surface area contributed by atoms with Crippen LogP contribution in [-0.2, 0) is 19.2 Å². The standard InChI is InChI=1S/C23H19Br3Cl2N2O6/c1-29-18(32)9-4-3-8-11(13(9)19(29)33)6-22(27)20(34)30(7-24)21(35)23(22,28)14(8)10-5-12(36-2)17(31)16(26)15(10)25/h3,5,9,11,13-14,31H,4,6-7H2,1-2H3. The summed E-state index contributed by atoms with van der Waals surface area (Å²) < 4.78 is 6.00. The second-order valence-corrected chi connectivity index (χ2v) is 12.7. The van der Waals surface area contributed by atoms with E-state index < -0.39 is 45.2 Å². The van der Waals surface area contributed by atoms with Crippen molar-refractivity contribution >= 4 is 94.6 Å². The van der Waals surface area contributed by atoms with Gasteiger partial charge in [0.1, 0.15) is 0 Å². The first-order chi connectivity index (χ1) is 16.9. The van der Waals surface area contributed by atoms with E-state index in [1.807, 2.05) is 6.08 Å². The fourth-order valence-corrected chi connectivity index (χ4v) is 8.61. The third-order valence-electron chi connectivity index (χ3n) is 7.94. The van der Waals surface area contributed by atoms with E-state index in [1.165, 1.54) is 20.2 Å². The zero-order valence-corrected chi connectivity index (χ0v) is 25.1. The Balaban J connectivity index is 1.81. The number of halogens is 5. The van der Waals surface area contributed by atoms with Crippen LogP contribution < -0.4 is 4.74 Å².